The van der Waals surface area contributed by atoms with E-state index in [0.717, 1.165) is 0 Å². The third-order valence-corrected chi connectivity index (χ3v) is 3.68. The Hall–Kier alpha value is -2.08. The molecule has 102 valence electrons. The number of hydrogen-bond acceptors (Lipinski definition) is 0. The van der Waals surface area contributed by atoms with Crippen LogP contribution in [-0.2, 0) is 0 Å². The van der Waals surface area contributed by atoms with Crippen molar-refractivity contribution in [2.24, 2.45) is 0 Å². The van der Waals surface area contributed by atoms with Gasteiger partial charge in [-0.15, -0.1) is 0 Å². The minimum absolute atomic E-state index is 1.30. The molecule has 0 bridgehead atoms. The van der Waals surface area contributed by atoms with Crippen LogP contribution in [0.1, 0.15) is 25.0 Å². The molecule has 0 saturated carbocycles. The minimum Gasteiger partial charge on any atom is -0.0683 e. The molecule has 3 aromatic carbocycles. The van der Waals surface area contributed by atoms with Gasteiger partial charge in [0.25, 0.3) is 0 Å². The Labute approximate surface area is 122 Å². The van der Waals surface area contributed by atoms with Gasteiger partial charge < -0.3 is 0 Å². The van der Waals surface area contributed by atoms with E-state index in [9.17, 15) is 0 Å². The fraction of sp³-hybridized carbons (Fsp3) is 0.200. The standard InChI is InChI=1S/C18H16.C2H6/c1-13-7-5-11-16(14(13)2)18-12-6-9-15-8-3-4-10-17(15)18;1-2/h3-12H,1-2H3;1-2H3. The largest absolute Gasteiger partial charge is 0.0683 e. The highest BCUT2D eigenvalue weighted by atomic mass is 14.1. The van der Waals surface area contributed by atoms with E-state index >= 15 is 0 Å². The molecule has 0 N–H and O–H groups in total. The lowest BCUT2D eigenvalue weighted by molar-refractivity contribution is 1.34. The maximum atomic E-state index is 2.21. The average Bonchev–Trinajstić information content (AvgIpc) is 2.52. The predicted octanol–water partition coefficient (Wildman–Crippen LogP) is 6.15. The first-order chi connectivity index (χ1) is 9.77. The number of rotatable bonds is 1. The van der Waals surface area contributed by atoms with E-state index in [1.807, 2.05) is 13.8 Å². The van der Waals surface area contributed by atoms with Crippen molar-refractivity contribution in [2.75, 3.05) is 0 Å². The van der Waals surface area contributed by atoms with E-state index in [2.05, 4.69) is 74.5 Å². The quantitative estimate of drug-likeness (QED) is 0.493. The average molecular weight is 262 g/mol. The van der Waals surface area contributed by atoms with Crippen LogP contribution in [0.25, 0.3) is 21.9 Å². The molecular weight excluding hydrogens is 240 g/mol. The summed E-state index contributed by atoms with van der Waals surface area (Å²) < 4.78 is 0. The molecule has 0 aliphatic heterocycles. The van der Waals surface area contributed by atoms with Crippen molar-refractivity contribution in [3.8, 4) is 11.1 Å². The molecule has 0 aliphatic carbocycles. The summed E-state index contributed by atoms with van der Waals surface area (Å²) >= 11 is 0. The summed E-state index contributed by atoms with van der Waals surface area (Å²) in [5, 5.41) is 2.63. The number of hydrogen-bond donors (Lipinski definition) is 0. The fourth-order valence-corrected chi connectivity index (χ4v) is 2.50. The van der Waals surface area contributed by atoms with Gasteiger partial charge in [0.05, 0.1) is 0 Å². The van der Waals surface area contributed by atoms with Crippen molar-refractivity contribution >= 4 is 10.8 Å². The molecule has 0 heterocycles. The summed E-state index contributed by atoms with van der Waals surface area (Å²) in [6, 6.07) is 21.6. The van der Waals surface area contributed by atoms with E-state index < -0.39 is 0 Å². The van der Waals surface area contributed by atoms with Crippen LogP contribution in [0, 0.1) is 13.8 Å². The van der Waals surface area contributed by atoms with Gasteiger partial charge in [0.15, 0.2) is 0 Å². The summed E-state index contributed by atoms with van der Waals surface area (Å²) in [6.07, 6.45) is 0. The normalized spacial score (nSPS) is 10.0. The number of benzene rings is 3. The molecule has 3 rings (SSSR count). The Morgan fingerprint density at radius 1 is 0.600 bits per heavy atom. The van der Waals surface area contributed by atoms with E-state index in [0.29, 0.717) is 0 Å². The van der Waals surface area contributed by atoms with Crippen LogP contribution in [0.2, 0.25) is 0 Å². The molecule has 0 amide bonds. The Bertz CT molecular complexity index is 703. The zero-order chi connectivity index (χ0) is 14.5. The van der Waals surface area contributed by atoms with Crippen LogP contribution in [0.4, 0.5) is 0 Å². The number of fused-ring (bicyclic) bond motifs is 1. The molecule has 0 heteroatoms. The molecular formula is C20H22. The van der Waals surface area contributed by atoms with E-state index in [1.165, 1.54) is 33.0 Å². The molecule has 0 saturated heterocycles. The van der Waals surface area contributed by atoms with Crippen LogP contribution >= 0.6 is 0 Å². The molecule has 0 unspecified atom stereocenters. The Balaban J connectivity index is 0.000000704. The van der Waals surface area contributed by atoms with E-state index in [-0.39, 0.29) is 0 Å². The highest BCUT2D eigenvalue weighted by molar-refractivity contribution is 5.97. The van der Waals surface area contributed by atoms with Gasteiger partial charge in [0.2, 0.25) is 0 Å². The van der Waals surface area contributed by atoms with Crippen LogP contribution < -0.4 is 0 Å². The highest BCUT2D eigenvalue weighted by Crippen LogP contribution is 2.31. The number of aryl methyl sites for hydroxylation is 1. The van der Waals surface area contributed by atoms with Crippen molar-refractivity contribution in [2.45, 2.75) is 27.7 Å². The van der Waals surface area contributed by atoms with E-state index in [1.54, 1.807) is 0 Å². The van der Waals surface area contributed by atoms with Crippen LogP contribution in [0.5, 0.6) is 0 Å². The Morgan fingerprint density at radius 2 is 1.20 bits per heavy atom. The van der Waals surface area contributed by atoms with Crippen molar-refractivity contribution in [1.82, 2.24) is 0 Å². The molecule has 0 spiro atoms. The summed E-state index contributed by atoms with van der Waals surface area (Å²) in [4.78, 5) is 0. The van der Waals surface area contributed by atoms with Crippen molar-refractivity contribution in [3.63, 3.8) is 0 Å². The van der Waals surface area contributed by atoms with Crippen LogP contribution in [-0.4, -0.2) is 0 Å². The highest BCUT2D eigenvalue weighted by Gasteiger charge is 2.06. The van der Waals surface area contributed by atoms with Crippen molar-refractivity contribution in [3.05, 3.63) is 71.8 Å². The molecule has 0 fully saturated rings. The van der Waals surface area contributed by atoms with Crippen LogP contribution in [0.3, 0.4) is 0 Å². The van der Waals surface area contributed by atoms with Gasteiger partial charge in [-0.25, -0.2) is 0 Å². The molecule has 20 heavy (non-hydrogen) atoms. The minimum atomic E-state index is 1.30. The van der Waals surface area contributed by atoms with Gasteiger partial charge in [-0.1, -0.05) is 74.5 Å². The second-order valence-electron chi connectivity index (χ2n) is 4.77. The summed E-state index contributed by atoms with van der Waals surface area (Å²) in [5.74, 6) is 0. The maximum absolute atomic E-state index is 2.21. The molecule has 0 nitrogen and oxygen atoms in total. The fourth-order valence-electron chi connectivity index (χ4n) is 2.50. The van der Waals surface area contributed by atoms with E-state index in [4.69, 9.17) is 0 Å². The summed E-state index contributed by atoms with van der Waals surface area (Å²) in [5.41, 5.74) is 5.38. The Morgan fingerprint density at radius 3 is 2.00 bits per heavy atom. The first kappa shape index (κ1) is 14.3. The molecule has 3 aromatic rings. The molecule has 0 aliphatic rings. The van der Waals surface area contributed by atoms with Crippen LogP contribution in [0.15, 0.2) is 60.7 Å². The first-order valence-corrected chi connectivity index (χ1v) is 7.32. The molecule has 0 radical (unpaired) electrons. The lowest BCUT2D eigenvalue weighted by Gasteiger charge is -2.11. The van der Waals surface area contributed by atoms with Gasteiger partial charge in [-0.2, -0.15) is 0 Å². The molecule has 0 aromatic heterocycles. The van der Waals surface area contributed by atoms with Crippen molar-refractivity contribution in [1.29, 1.82) is 0 Å². The maximum Gasteiger partial charge on any atom is -0.0103 e. The molecule has 0 atom stereocenters. The van der Waals surface area contributed by atoms with Gasteiger partial charge in [-0.05, 0) is 46.9 Å². The van der Waals surface area contributed by atoms with Gasteiger partial charge >= 0.3 is 0 Å². The van der Waals surface area contributed by atoms with Gasteiger partial charge in [-0.3, -0.25) is 0 Å². The Kier molecular flexibility index (Phi) is 4.57. The lowest BCUT2D eigenvalue weighted by Crippen LogP contribution is -1.88. The topological polar surface area (TPSA) is 0 Å². The second kappa shape index (κ2) is 6.38. The third-order valence-electron chi connectivity index (χ3n) is 3.68. The van der Waals surface area contributed by atoms with Gasteiger partial charge in [0, 0.05) is 0 Å². The second-order valence-corrected chi connectivity index (χ2v) is 4.77. The first-order valence-electron chi connectivity index (χ1n) is 7.32. The zero-order valence-electron chi connectivity index (χ0n) is 12.8. The van der Waals surface area contributed by atoms with Gasteiger partial charge in [0.1, 0.15) is 0 Å². The van der Waals surface area contributed by atoms with Crippen molar-refractivity contribution < 1.29 is 0 Å². The SMILES string of the molecule is CC.Cc1cccc(-c2cccc3ccccc23)c1C. The predicted molar refractivity (Wildman–Crippen MR) is 90.2 cm³/mol. The smallest absolute Gasteiger partial charge is 0.0103 e. The zero-order valence-corrected chi connectivity index (χ0v) is 12.8. The monoisotopic (exact) mass is 262 g/mol. The third kappa shape index (κ3) is 2.60. The summed E-state index contributed by atoms with van der Waals surface area (Å²) in [7, 11) is 0. The lowest BCUT2D eigenvalue weighted by atomic mass is 9.93. The summed E-state index contributed by atoms with van der Waals surface area (Å²) in [6.45, 7) is 8.37.